The number of hydrogen-bond donors (Lipinski definition) is 0. The molecule has 158 valence electrons. The molecule has 3 aliphatic rings. The summed E-state index contributed by atoms with van der Waals surface area (Å²) in [6.07, 6.45) is 4.31. The molecule has 1 aromatic carbocycles. The predicted octanol–water partition coefficient (Wildman–Crippen LogP) is 3.47. The molecular formula is C23H31ClN2O3. The van der Waals surface area contributed by atoms with E-state index >= 15 is 0 Å². The second-order valence-corrected chi connectivity index (χ2v) is 8.70. The van der Waals surface area contributed by atoms with Gasteiger partial charge in [0.1, 0.15) is 6.10 Å². The third-order valence-electron chi connectivity index (χ3n) is 6.53. The molecular weight excluding hydrogens is 388 g/mol. The van der Waals surface area contributed by atoms with E-state index in [1.165, 1.54) is 0 Å². The number of fused-ring (bicyclic) bond motifs is 1. The van der Waals surface area contributed by atoms with Crippen molar-refractivity contribution in [1.82, 2.24) is 9.80 Å². The van der Waals surface area contributed by atoms with E-state index in [2.05, 4.69) is 16.7 Å². The van der Waals surface area contributed by atoms with Crippen LogP contribution >= 0.6 is 11.6 Å². The van der Waals surface area contributed by atoms with E-state index in [0.717, 1.165) is 70.7 Å². The molecule has 1 saturated heterocycles. The molecule has 0 amide bonds. The summed E-state index contributed by atoms with van der Waals surface area (Å²) in [6, 6.07) is 7.38. The van der Waals surface area contributed by atoms with Crippen molar-refractivity contribution < 1.29 is 14.3 Å². The summed E-state index contributed by atoms with van der Waals surface area (Å²) in [4.78, 5) is 18.0. The monoisotopic (exact) mass is 418 g/mol. The first-order valence-corrected chi connectivity index (χ1v) is 11.2. The van der Waals surface area contributed by atoms with Crippen LogP contribution in [0.1, 0.15) is 31.7 Å². The first-order valence-electron chi connectivity index (χ1n) is 10.9. The fourth-order valence-electron chi connectivity index (χ4n) is 4.62. The quantitative estimate of drug-likeness (QED) is 0.707. The van der Waals surface area contributed by atoms with E-state index < -0.39 is 0 Å². The molecule has 0 spiro atoms. The van der Waals surface area contributed by atoms with E-state index in [1.807, 2.05) is 24.3 Å². The topological polar surface area (TPSA) is 42.0 Å². The Kier molecular flexibility index (Phi) is 6.91. The molecule has 29 heavy (non-hydrogen) atoms. The number of benzene rings is 1. The zero-order valence-corrected chi connectivity index (χ0v) is 17.9. The van der Waals surface area contributed by atoms with Crippen LogP contribution in [0.25, 0.3) is 5.57 Å². The fourth-order valence-corrected chi connectivity index (χ4v) is 4.75. The number of Topliss-reactive ketones (excluding diaryl/α,β-unsaturated/α-hetero) is 1. The van der Waals surface area contributed by atoms with Crippen molar-refractivity contribution in [3.8, 4) is 0 Å². The van der Waals surface area contributed by atoms with Crippen molar-refractivity contribution in [3.05, 3.63) is 41.1 Å². The summed E-state index contributed by atoms with van der Waals surface area (Å²) >= 11 is 5.96. The van der Waals surface area contributed by atoms with Gasteiger partial charge in [-0.1, -0.05) is 30.7 Å². The maximum atomic E-state index is 13.0. The van der Waals surface area contributed by atoms with Crippen LogP contribution in [0, 0.1) is 5.92 Å². The molecule has 1 saturated carbocycles. The van der Waals surface area contributed by atoms with Crippen molar-refractivity contribution in [2.75, 3.05) is 45.9 Å². The highest BCUT2D eigenvalue weighted by atomic mass is 35.5. The van der Waals surface area contributed by atoms with E-state index in [0.29, 0.717) is 10.6 Å². The van der Waals surface area contributed by atoms with Gasteiger partial charge in [-0.05, 0) is 37.1 Å². The number of ether oxygens (including phenoxy) is 2. The smallest absolute Gasteiger partial charge is 0.173 e. The Morgan fingerprint density at radius 3 is 2.55 bits per heavy atom. The molecule has 2 aliphatic heterocycles. The summed E-state index contributed by atoms with van der Waals surface area (Å²) in [7, 11) is 0. The lowest BCUT2D eigenvalue weighted by Crippen LogP contribution is -2.47. The first-order chi connectivity index (χ1) is 14.1. The standard InChI is InChI=1S/C23H31ClN2O3/c1-2-25-9-11-26(12-10-25)13-14-28-19-7-8-20-22(15-19)29-16-21(23(20)27)17-3-5-18(24)6-4-17/h3-6,16,19-20,22H,2,7-15H2,1H3. The molecule has 0 radical (unpaired) electrons. The number of allylic oxidation sites excluding steroid dienone is 1. The highest BCUT2D eigenvalue weighted by molar-refractivity contribution is 6.30. The maximum absolute atomic E-state index is 13.0. The average molecular weight is 419 g/mol. The van der Waals surface area contributed by atoms with E-state index in [9.17, 15) is 4.79 Å². The molecule has 3 atom stereocenters. The van der Waals surface area contributed by atoms with Crippen LogP contribution in [-0.4, -0.2) is 73.7 Å². The van der Waals surface area contributed by atoms with Crippen LogP contribution in [0.5, 0.6) is 0 Å². The fraction of sp³-hybridized carbons (Fsp3) is 0.609. The number of ketones is 1. The molecule has 1 aromatic rings. The van der Waals surface area contributed by atoms with Gasteiger partial charge in [-0.15, -0.1) is 0 Å². The molecule has 0 aromatic heterocycles. The van der Waals surface area contributed by atoms with Crippen LogP contribution in [0.15, 0.2) is 30.5 Å². The van der Waals surface area contributed by atoms with Crippen LogP contribution in [-0.2, 0) is 14.3 Å². The lowest BCUT2D eigenvalue weighted by Gasteiger charge is -2.38. The van der Waals surface area contributed by atoms with Crippen molar-refractivity contribution in [3.63, 3.8) is 0 Å². The lowest BCUT2D eigenvalue weighted by atomic mass is 9.78. The van der Waals surface area contributed by atoms with Crippen LogP contribution in [0.2, 0.25) is 5.02 Å². The third-order valence-corrected chi connectivity index (χ3v) is 6.79. The number of carbonyl (C=O) groups is 1. The molecule has 6 heteroatoms. The van der Waals surface area contributed by atoms with Gasteiger partial charge in [-0.3, -0.25) is 9.69 Å². The SMILES string of the molecule is CCN1CCN(CCOC2CCC3C(=O)C(c4ccc(Cl)cc4)=COC3C2)CC1. The Morgan fingerprint density at radius 2 is 1.83 bits per heavy atom. The summed E-state index contributed by atoms with van der Waals surface area (Å²) < 4.78 is 12.2. The van der Waals surface area contributed by atoms with Crippen LogP contribution in [0.4, 0.5) is 0 Å². The molecule has 0 bridgehead atoms. The first kappa shape index (κ1) is 20.9. The molecule has 3 unspecified atom stereocenters. The number of likely N-dealkylation sites (N-methyl/N-ethyl adjacent to an activating group) is 1. The van der Waals surface area contributed by atoms with Gasteiger partial charge >= 0.3 is 0 Å². The van der Waals surface area contributed by atoms with Gasteiger partial charge in [0.2, 0.25) is 0 Å². The molecule has 4 rings (SSSR count). The summed E-state index contributed by atoms with van der Waals surface area (Å²) in [6.45, 7) is 9.67. The molecule has 2 heterocycles. The Morgan fingerprint density at radius 1 is 1.10 bits per heavy atom. The molecule has 2 fully saturated rings. The Bertz CT molecular complexity index is 728. The van der Waals surface area contributed by atoms with Crippen molar-refractivity contribution in [2.45, 2.75) is 38.4 Å². The van der Waals surface area contributed by atoms with E-state index in [-0.39, 0.29) is 23.9 Å². The number of carbonyl (C=O) groups excluding carboxylic acids is 1. The normalized spacial score (nSPS) is 28.6. The zero-order chi connectivity index (χ0) is 20.2. The highest BCUT2D eigenvalue weighted by Gasteiger charge is 2.40. The van der Waals surface area contributed by atoms with Gasteiger partial charge in [0.05, 0.1) is 30.5 Å². The van der Waals surface area contributed by atoms with Crippen molar-refractivity contribution in [1.29, 1.82) is 0 Å². The van der Waals surface area contributed by atoms with Gasteiger partial charge in [0.25, 0.3) is 0 Å². The summed E-state index contributed by atoms with van der Waals surface area (Å²) in [5.41, 5.74) is 1.54. The van der Waals surface area contributed by atoms with Crippen LogP contribution < -0.4 is 0 Å². The number of nitrogens with zero attached hydrogens (tertiary/aromatic N) is 2. The molecule has 0 N–H and O–H groups in total. The Balaban J connectivity index is 1.25. The Hall–Kier alpha value is -1.40. The van der Waals surface area contributed by atoms with E-state index in [4.69, 9.17) is 21.1 Å². The van der Waals surface area contributed by atoms with Gasteiger partial charge in [0, 0.05) is 44.2 Å². The van der Waals surface area contributed by atoms with Crippen LogP contribution in [0.3, 0.4) is 0 Å². The highest BCUT2D eigenvalue weighted by Crippen LogP contribution is 2.37. The zero-order valence-electron chi connectivity index (χ0n) is 17.2. The largest absolute Gasteiger partial charge is 0.496 e. The maximum Gasteiger partial charge on any atom is 0.173 e. The minimum absolute atomic E-state index is 0.0624. The van der Waals surface area contributed by atoms with Gasteiger partial charge in [-0.2, -0.15) is 0 Å². The van der Waals surface area contributed by atoms with Gasteiger partial charge in [-0.25, -0.2) is 0 Å². The van der Waals surface area contributed by atoms with Crippen molar-refractivity contribution >= 4 is 23.0 Å². The number of rotatable bonds is 6. The number of hydrogen-bond acceptors (Lipinski definition) is 5. The third kappa shape index (κ3) is 5.02. The second-order valence-electron chi connectivity index (χ2n) is 8.27. The molecule has 5 nitrogen and oxygen atoms in total. The number of halogens is 1. The minimum atomic E-state index is -0.0644. The average Bonchev–Trinajstić information content (AvgIpc) is 2.75. The van der Waals surface area contributed by atoms with Gasteiger partial charge < -0.3 is 14.4 Å². The summed E-state index contributed by atoms with van der Waals surface area (Å²) in [5, 5.41) is 0.668. The molecule has 1 aliphatic carbocycles. The summed E-state index contributed by atoms with van der Waals surface area (Å²) in [5.74, 6) is 0.128. The predicted molar refractivity (Wildman–Crippen MR) is 115 cm³/mol. The van der Waals surface area contributed by atoms with Gasteiger partial charge in [0.15, 0.2) is 5.78 Å². The second kappa shape index (κ2) is 9.61. The Labute approximate surface area is 178 Å². The van der Waals surface area contributed by atoms with Crippen molar-refractivity contribution in [2.24, 2.45) is 5.92 Å². The minimum Gasteiger partial charge on any atom is -0.496 e. The number of piperazine rings is 1. The van der Waals surface area contributed by atoms with E-state index in [1.54, 1.807) is 6.26 Å². The lowest BCUT2D eigenvalue weighted by molar-refractivity contribution is -0.128.